The minimum atomic E-state index is 0.568. The molecule has 0 heterocycles. The van der Waals surface area contributed by atoms with Gasteiger partial charge in [-0.25, -0.2) is 0 Å². The molecule has 116 valence electrons. The van der Waals surface area contributed by atoms with E-state index in [2.05, 4.69) is 12.2 Å². The van der Waals surface area contributed by atoms with E-state index in [9.17, 15) is 0 Å². The molecule has 1 aromatic carbocycles. The van der Waals surface area contributed by atoms with Gasteiger partial charge in [-0.1, -0.05) is 31.5 Å². The summed E-state index contributed by atoms with van der Waals surface area (Å²) in [7, 11) is 0. The van der Waals surface area contributed by atoms with Crippen LogP contribution in [0.5, 0.6) is 5.75 Å². The first-order valence-electron chi connectivity index (χ1n) is 8.71. The average molecular weight is 287 g/mol. The third-order valence-corrected chi connectivity index (χ3v) is 5.66. The van der Waals surface area contributed by atoms with Crippen molar-refractivity contribution < 1.29 is 4.74 Å². The summed E-state index contributed by atoms with van der Waals surface area (Å²) >= 11 is 0. The Morgan fingerprint density at radius 1 is 1.24 bits per heavy atom. The maximum absolute atomic E-state index is 5.87. The number of hydrogen-bond donors (Lipinski definition) is 1. The highest BCUT2D eigenvalue weighted by molar-refractivity contribution is 5.20. The van der Waals surface area contributed by atoms with Crippen LogP contribution in [0.1, 0.15) is 45.4 Å². The largest absolute Gasteiger partial charge is 0.494 e. The molecule has 3 rings (SSSR count). The van der Waals surface area contributed by atoms with Gasteiger partial charge in [-0.05, 0) is 68.0 Å². The second-order valence-electron chi connectivity index (χ2n) is 6.99. The predicted octanol–water partition coefficient (Wildman–Crippen LogP) is 4.26. The summed E-state index contributed by atoms with van der Waals surface area (Å²) < 4.78 is 5.87. The third kappa shape index (κ3) is 3.42. The molecule has 0 radical (unpaired) electrons. The monoisotopic (exact) mass is 287 g/mol. The molecule has 0 aromatic heterocycles. The number of fused-ring (bicyclic) bond motifs is 2. The summed E-state index contributed by atoms with van der Waals surface area (Å²) in [5.41, 5.74) is 0.568. The third-order valence-electron chi connectivity index (χ3n) is 5.66. The minimum absolute atomic E-state index is 0.568. The van der Waals surface area contributed by atoms with Gasteiger partial charge in [0.1, 0.15) is 5.75 Å². The van der Waals surface area contributed by atoms with E-state index in [1.807, 2.05) is 30.3 Å². The molecule has 1 N–H and O–H groups in total. The summed E-state index contributed by atoms with van der Waals surface area (Å²) in [5.74, 6) is 2.99. The Morgan fingerprint density at radius 3 is 2.76 bits per heavy atom. The van der Waals surface area contributed by atoms with Crippen LogP contribution in [0.4, 0.5) is 0 Å². The van der Waals surface area contributed by atoms with Gasteiger partial charge in [0, 0.05) is 6.54 Å². The lowest BCUT2D eigenvalue weighted by Gasteiger charge is -2.38. The normalized spacial score (nSPS) is 30.7. The summed E-state index contributed by atoms with van der Waals surface area (Å²) in [5, 5.41) is 3.63. The van der Waals surface area contributed by atoms with E-state index in [0.29, 0.717) is 5.41 Å². The van der Waals surface area contributed by atoms with E-state index in [4.69, 9.17) is 4.74 Å². The quantitative estimate of drug-likeness (QED) is 0.721. The Labute approximate surface area is 129 Å². The Bertz CT molecular complexity index is 432. The smallest absolute Gasteiger partial charge is 0.119 e. The second-order valence-corrected chi connectivity index (χ2v) is 6.99. The Balaban J connectivity index is 1.49. The fourth-order valence-electron chi connectivity index (χ4n) is 4.67. The molecule has 0 saturated heterocycles. The first-order chi connectivity index (χ1) is 10.3. The van der Waals surface area contributed by atoms with E-state index in [1.54, 1.807) is 0 Å². The summed E-state index contributed by atoms with van der Waals surface area (Å²) in [4.78, 5) is 0. The van der Waals surface area contributed by atoms with Crippen molar-refractivity contribution in [2.75, 3.05) is 19.7 Å². The van der Waals surface area contributed by atoms with Gasteiger partial charge in [-0.2, -0.15) is 0 Å². The number of benzene rings is 1. The van der Waals surface area contributed by atoms with Crippen molar-refractivity contribution in [2.45, 2.75) is 45.4 Å². The highest BCUT2D eigenvalue weighted by atomic mass is 16.5. The lowest BCUT2D eigenvalue weighted by Crippen LogP contribution is -2.39. The molecule has 2 aliphatic rings. The van der Waals surface area contributed by atoms with Gasteiger partial charge in [0.05, 0.1) is 6.61 Å². The van der Waals surface area contributed by atoms with Crippen LogP contribution in [0.15, 0.2) is 30.3 Å². The van der Waals surface area contributed by atoms with Crippen LogP contribution < -0.4 is 10.1 Å². The number of hydrogen-bond acceptors (Lipinski definition) is 2. The van der Waals surface area contributed by atoms with Crippen molar-refractivity contribution in [3.8, 4) is 5.75 Å². The molecule has 2 aliphatic carbocycles. The van der Waals surface area contributed by atoms with Gasteiger partial charge in [-0.3, -0.25) is 0 Å². The van der Waals surface area contributed by atoms with E-state index >= 15 is 0 Å². The van der Waals surface area contributed by atoms with Gasteiger partial charge in [0.25, 0.3) is 0 Å². The molecular formula is C19H29NO. The van der Waals surface area contributed by atoms with Crippen molar-refractivity contribution in [3.63, 3.8) is 0 Å². The Hall–Kier alpha value is -1.02. The van der Waals surface area contributed by atoms with E-state index in [0.717, 1.165) is 30.7 Å². The first kappa shape index (κ1) is 14.9. The van der Waals surface area contributed by atoms with Crippen LogP contribution in [0.2, 0.25) is 0 Å². The first-order valence-corrected chi connectivity index (χ1v) is 8.71. The van der Waals surface area contributed by atoms with Gasteiger partial charge < -0.3 is 10.1 Å². The molecular weight excluding hydrogens is 258 g/mol. The molecule has 1 aromatic rings. The Kier molecular flexibility index (Phi) is 4.84. The van der Waals surface area contributed by atoms with Crippen molar-refractivity contribution in [1.29, 1.82) is 0 Å². The van der Waals surface area contributed by atoms with Crippen molar-refractivity contribution >= 4 is 0 Å². The van der Waals surface area contributed by atoms with Crippen LogP contribution in [-0.2, 0) is 0 Å². The fourth-order valence-corrected chi connectivity index (χ4v) is 4.67. The topological polar surface area (TPSA) is 21.3 Å². The minimum Gasteiger partial charge on any atom is -0.494 e. The predicted molar refractivity (Wildman–Crippen MR) is 87.6 cm³/mol. The fraction of sp³-hybridized carbons (Fsp3) is 0.684. The van der Waals surface area contributed by atoms with Gasteiger partial charge in [0.2, 0.25) is 0 Å². The molecule has 3 unspecified atom stereocenters. The lowest BCUT2D eigenvalue weighted by molar-refractivity contribution is 0.130. The van der Waals surface area contributed by atoms with Crippen LogP contribution in [0, 0.1) is 17.3 Å². The lowest BCUT2D eigenvalue weighted by atomic mass is 9.70. The number of nitrogens with one attached hydrogen (secondary N) is 1. The standard InChI is InChI=1S/C19H29NO/c1-2-20-15-19(14-16-9-10-17(19)13-16)11-6-12-21-18-7-4-3-5-8-18/h3-5,7-8,16-17,20H,2,6,9-15H2,1H3. The molecule has 21 heavy (non-hydrogen) atoms. The van der Waals surface area contributed by atoms with Crippen LogP contribution in [0.25, 0.3) is 0 Å². The number of rotatable bonds is 8. The van der Waals surface area contributed by atoms with Crippen molar-refractivity contribution in [3.05, 3.63) is 30.3 Å². The highest BCUT2D eigenvalue weighted by Gasteiger charge is 2.49. The van der Waals surface area contributed by atoms with Crippen LogP contribution in [0.3, 0.4) is 0 Å². The zero-order valence-corrected chi connectivity index (χ0v) is 13.3. The maximum Gasteiger partial charge on any atom is 0.119 e. The highest BCUT2D eigenvalue weighted by Crippen LogP contribution is 2.57. The number of ether oxygens (including phenoxy) is 1. The van der Waals surface area contributed by atoms with Crippen molar-refractivity contribution in [1.82, 2.24) is 5.32 Å². The van der Waals surface area contributed by atoms with Crippen LogP contribution >= 0.6 is 0 Å². The molecule has 0 aliphatic heterocycles. The summed E-state index contributed by atoms with van der Waals surface area (Å²) in [6.45, 7) is 5.39. The molecule has 2 fully saturated rings. The molecule has 2 nitrogen and oxygen atoms in total. The SMILES string of the molecule is CCNCC1(CCCOc2ccccc2)CC2CCC1C2. The van der Waals surface area contributed by atoms with Gasteiger partial charge in [0.15, 0.2) is 0 Å². The second kappa shape index (κ2) is 6.83. The molecule has 3 atom stereocenters. The molecule has 2 heteroatoms. The summed E-state index contributed by atoms with van der Waals surface area (Å²) in [6.07, 6.45) is 8.41. The zero-order chi connectivity index (χ0) is 14.5. The number of para-hydroxylation sites is 1. The Morgan fingerprint density at radius 2 is 2.10 bits per heavy atom. The van der Waals surface area contributed by atoms with Gasteiger partial charge in [-0.15, -0.1) is 0 Å². The molecule has 0 spiro atoms. The van der Waals surface area contributed by atoms with E-state index in [1.165, 1.54) is 45.1 Å². The molecule has 2 saturated carbocycles. The van der Waals surface area contributed by atoms with Crippen molar-refractivity contribution in [2.24, 2.45) is 17.3 Å². The maximum atomic E-state index is 5.87. The van der Waals surface area contributed by atoms with E-state index < -0.39 is 0 Å². The average Bonchev–Trinajstić information content (AvgIpc) is 3.12. The van der Waals surface area contributed by atoms with Gasteiger partial charge >= 0.3 is 0 Å². The molecule has 0 amide bonds. The summed E-state index contributed by atoms with van der Waals surface area (Å²) in [6, 6.07) is 10.2. The zero-order valence-electron chi connectivity index (χ0n) is 13.3. The van der Waals surface area contributed by atoms with E-state index in [-0.39, 0.29) is 0 Å². The molecule has 2 bridgehead atoms. The van der Waals surface area contributed by atoms with Crippen LogP contribution in [-0.4, -0.2) is 19.7 Å².